The van der Waals surface area contributed by atoms with Gasteiger partial charge in [-0.2, -0.15) is 0 Å². The second-order valence-electron chi connectivity index (χ2n) is 4.98. The Balaban J connectivity index is 2.64. The number of carboxylic acids is 2. The van der Waals surface area contributed by atoms with Crippen LogP contribution in [0.1, 0.15) is 23.2 Å². The lowest BCUT2D eigenvalue weighted by Gasteiger charge is -2.14. The maximum Gasteiger partial charge on any atom is 0.339 e. The molecule has 1 rings (SSSR count). The van der Waals surface area contributed by atoms with Crippen molar-refractivity contribution in [1.82, 2.24) is 5.32 Å². The maximum absolute atomic E-state index is 11.9. The minimum absolute atomic E-state index is 0.152. The highest BCUT2D eigenvalue weighted by atomic mass is 16.5. The van der Waals surface area contributed by atoms with Crippen LogP contribution in [0.2, 0.25) is 0 Å². The van der Waals surface area contributed by atoms with Crippen LogP contribution >= 0.6 is 0 Å². The topological polar surface area (TPSA) is 145 Å². The van der Waals surface area contributed by atoms with Crippen LogP contribution in [-0.4, -0.2) is 59.5 Å². The van der Waals surface area contributed by atoms with Crippen molar-refractivity contribution in [2.24, 2.45) is 0 Å². The number of carbonyl (C=O) groups is 3. The second-order valence-corrected chi connectivity index (χ2v) is 4.98. The van der Waals surface area contributed by atoms with Crippen LogP contribution in [0.4, 0.5) is 5.69 Å². The summed E-state index contributed by atoms with van der Waals surface area (Å²) < 4.78 is 4.85. The van der Waals surface area contributed by atoms with E-state index in [0.717, 1.165) is 12.1 Å². The fraction of sp³-hybridized carbons (Fsp3) is 0.400. The highest BCUT2D eigenvalue weighted by molar-refractivity contribution is 5.97. The number of nitrogens with one attached hydrogen (secondary N) is 2. The molecule has 0 aliphatic heterocycles. The van der Waals surface area contributed by atoms with Gasteiger partial charge < -0.3 is 30.7 Å². The van der Waals surface area contributed by atoms with E-state index in [1.165, 1.54) is 13.2 Å². The van der Waals surface area contributed by atoms with Gasteiger partial charge in [-0.1, -0.05) is 0 Å². The fourth-order valence-corrected chi connectivity index (χ4v) is 1.92. The molecule has 0 saturated carbocycles. The van der Waals surface area contributed by atoms with E-state index >= 15 is 0 Å². The first-order chi connectivity index (χ1) is 11.3. The minimum Gasteiger partial charge on any atom is -0.507 e. The van der Waals surface area contributed by atoms with Crippen molar-refractivity contribution in [2.45, 2.75) is 18.9 Å². The van der Waals surface area contributed by atoms with E-state index in [4.69, 9.17) is 14.9 Å². The summed E-state index contributed by atoms with van der Waals surface area (Å²) in [6, 6.07) is 2.48. The number of anilines is 1. The Kier molecular flexibility index (Phi) is 7.66. The fourth-order valence-electron chi connectivity index (χ4n) is 1.92. The van der Waals surface area contributed by atoms with Crippen LogP contribution < -0.4 is 10.6 Å². The van der Waals surface area contributed by atoms with Gasteiger partial charge in [-0.15, -0.1) is 0 Å². The van der Waals surface area contributed by atoms with Crippen molar-refractivity contribution in [3.8, 4) is 5.75 Å². The quantitative estimate of drug-likeness (QED) is 0.306. The number of aromatic hydroxyl groups is 1. The summed E-state index contributed by atoms with van der Waals surface area (Å²) in [5.41, 5.74) is -0.209. The molecule has 0 fully saturated rings. The predicted octanol–water partition coefficient (Wildman–Crippen LogP) is 0.498. The number of ether oxygens (including phenoxy) is 1. The van der Waals surface area contributed by atoms with E-state index in [0.29, 0.717) is 19.6 Å². The number of aliphatic carboxylic acids is 1. The predicted molar refractivity (Wildman–Crippen MR) is 84.2 cm³/mol. The number of rotatable bonds is 10. The zero-order valence-electron chi connectivity index (χ0n) is 13.1. The second kappa shape index (κ2) is 9.48. The maximum atomic E-state index is 11.9. The van der Waals surface area contributed by atoms with Gasteiger partial charge in [0.1, 0.15) is 17.4 Å². The summed E-state index contributed by atoms with van der Waals surface area (Å²) in [5.74, 6) is -3.53. The van der Waals surface area contributed by atoms with Crippen LogP contribution in [0.3, 0.4) is 0 Å². The number of hydrogen-bond donors (Lipinski definition) is 5. The number of methoxy groups -OCH3 is 1. The van der Waals surface area contributed by atoms with E-state index in [9.17, 15) is 19.5 Å². The zero-order chi connectivity index (χ0) is 18.1. The van der Waals surface area contributed by atoms with E-state index in [2.05, 4.69) is 10.6 Å². The van der Waals surface area contributed by atoms with Crippen molar-refractivity contribution in [3.63, 3.8) is 0 Å². The molecule has 0 saturated heterocycles. The largest absolute Gasteiger partial charge is 0.507 e. The first-order valence-corrected chi connectivity index (χ1v) is 7.16. The molecule has 1 amide bonds. The van der Waals surface area contributed by atoms with Gasteiger partial charge in [0, 0.05) is 19.4 Å². The smallest absolute Gasteiger partial charge is 0.339 e. The van der Waals surface area contributed by atoms with Gasteiger partial charge in [-0.05, 0) is 31.2 Å². The van der Waals surface area contributed by atoms with Crippen molar-refractivity contribution in [1.29, 1.82) is 0 Å². The first-order valence-electron chi connectivity index (χ1n) is 7.16. The van der Waals surface area contributed by atoms with Crippen molar-refractivity contribution in [2.75, 3.05) is 25.6 Å². The summed E-state index contributed by atoms with van der Waals surface area (Å²) in [6.45, 7) is 0.845. The Bertz CT molecular complexity index is 603. The van der Waals surface area contributed by atoms with Crippen molar-refractivity contribution >= 4 is 23.5 Å². The van der Waals surface area contributed by atoms with Crippen LogP contribution in [0, 0.1) is 0 Å². The summed E-state index contributed by atoms with van der Waals surface area (Å²) in [6.07, 6.45) is 0.271. The number of amides is 1. The summed E-state index contributed by atoms with van der Waals surface area (Å²) in [4.78, 5) is 34.0. The zero-order valence-corrected chi connectivity index (χ0v) is 13.1. The molecule has 0 bridgehead atoms. The molecule has 0 unspecified atom stereocenters. The summed E-state index contributed by atoms with van der Waals surface area (Å²) in [7, 11) is 1.53. The number of carboxylic acid groups (broad SMARTS) is 2. The average molecular weight is 340 g/mol. The number of phenols is 1. The molecule has 132 valence electrons. The lowest BCUT2D eigenvalue weighted by atomic mass is 10.1. The third-order valence-corrected chi connectivity index (χ3v) is 3.11. The number of benzene rings is 1. The molecule has 1 aromatic carbocycles. The lowest BCUT2D eigenvalue weighted by molar-refractivity contribution is -0.141. The van der Waals surface area contributed by atoms with Gasteiger partial charge in [0.25, 0.3) is 0 Å². The molecule has 9 nitrogen and oxygen atoms in total. The molecule has 9 heteroatoms. The van der Waals surface area contributed by atoms with Gasteiger partial charge in [-0.3, -0.25) is 9.59 Å². The molecular weight excluding hydrogens is 320 g/mol. The van der Waals surface area contributed by atoms with Crippen LogP contribution in [0.25, 0.3) is 0 Å². The SMILES string of the molecule is COCCCN[C@@H](CC(=O)Nc1ccc(O)c(C(=O)O)c1)C(=O)O. The number of hydrogen-bond acceptors (Lipinski definition) is 6. The average Bonchev–Trinajstić information content (AvgIpc) is 2.51. The molecule has 0 aliphatic carbocycles. The van der Waals surface area contributed by atoms with Crippen LogP contribution in [0.5, 0.6) is 5.75 Å². The molecule has 0 radical (unpaired) electrons. The van der Waals surface area contributed by atoms with Gasteiger partial charge in [0.2, 0.25) is 5.91 Å². The molecule has 5 N–H and O–H groups in total. The minimum atomic E-state index is -1.34. The molecular formula is C15H20N2O7. The summed E-state index contributed by atoms with van der Waals surface area (Å²) >= 11 is 0. The monoisotopic (exact) mass is 340 g/mol. The molecule has 1 aromatic rings. The van der Waals surface area contributed by atoms with Crippen molar-refractivity contribution in [3.05, 3.63) is 23.8 Å². The first kappa shape index (κ1) is 19.4. The molecule has 0 aromatic heterocycles. The molecule has 0 aliphatic rings. The normalized spacial score (nSPS) is 11.7. The van der Waals surface area contributed by atoms with E-state index in [1.807, 2.05) is 0 Å². The Labute approximate surface area is 138 Å². The Morgan fingerprint density at radius 3 is 2.54 bits per heavy atom. The Morgan fingerprint density at radius 2 is 1.96 bits per heavy atom. The molecule has 1 atom stereocenters. The van der Waals surface area contributed by atoms with Crippen molar-refractivity contribution < 1.29 is 34.4 Å². The number of carbonyl (C=O) groups excluding carboxylic acids is 1. The number of aromatic carboxylic acids is 1. The van der Waals surface area contributed by atoms with Gasteiger partial charge in [-0.25, -0.2) is 4.79 Å². The standard InChI is InChI=1S/C15H20N2O7/c1-24-6-2-5-16-11(15(22)23)8-13(19)17-9-3-4-12(18)10(7-9)14(20)21/h3-4,7,11,16,18H,2,5-6,8H2,1H3,(H,17,19)(H,20,21)(H,22,23)/t11-/m0/s1. The highest BCUT2D eigenvalue weighted by Crippen LogP contribution is 2.21. The van der Waals surface area contributed by atoms with Crippen LogP contribution in [0.15, 0.2) is 18.2 Å². The van der Waals surface area contributed by atoms with E-state index in [-0.39, 0.29) is 17.7 Å². The van der Waals surface area contributed by atoms with E-state index < -0.39 is 29.6 Å². The van der Waals surface area contributed by atoms with Gasteiger partial charge in [0.15, 0.2) is 0 Å². The Morgan fingerprint density at radius 1 is 1.25 bits per heavy atom. The van der Waals surface area contributed by atoms with E-state index in [1.54, 1.807) is 0 Å². The Hall–Kier alpha value is -2.65. The van der Waals surface area contributed by atoms with Crippen LogP contribution in [-0.2, 0) is 14.3 Å². The molecule has 24 heavy (non-hydrogen) atoms. The van der Waals surface area contributed by atoms with Gasteiger partial charge in [0.05, 0.1) is 6.42 Å². The van der Waals surface area contributed by atoms with Gasteiger partial charge >= 0.3 is 11.9 Å². The molecule has 0 heterocycles. The third-order valence-electron chi connectivity index (χ3n) is 3.11. The summed E-state index contributed by atoms with van der Waals surface area (Å²) in [5, 5.41) is 32.6. The third kappa shape index (κ3) is 6.23. The molecule has 0 spiro atoms. The lowest BCUT2D eigenvalue weighted by Crippen LogP contribution is -2.40. The highest BCUT2D eigenvalue weighted by Gasteiger charge is 2.21.